The first-order valence-corrected chi connectivity index (χ1v) is 7.15. The van der Waals surface area contributed by atoms with Crippen molar-refractivity contribution >= 4 is 10.9 Å². The SMILES string of the molecule is CN(Cc1nc2ccccc2c(=O)[nH]1)CC1(O)CCNC1. The predicted molar refractivity (Wildman–Crippen MR) is 81.1 cm³/mol. The van der Waals surface area contributed by atoms with Crippen LogP contribution in [0.25, 0.3) is 10.9 Å². The number of para-hydroxylation sites is 1. The number of hydrogen-bond donors (Lipinski definition) is 3. The predicted octanol–water partition coefficient (Wildman–Crippen LogP) is 0.0793. The van der Waals surface area contributed by atoms with Gasteiger partial charge in [0.25, 0.3) is 5.56 Å². The first-order valence-electron chi connectivity index (χ1n) is 7.15. The standard InChI is InChI=1S/C15H20N4O2/c1-19(10-15(21)6-7-16-9-15)8-13-17-12-5-3-2-4-11(12)14(20)18-13/h2-5,16,21H,6-10H2,1H3,(H,17,18,20). The number of benzene rings is 1. The third-order valence-corrected chi connectivity index (χ3v) is 3.87. The monoisotopic (exact) mass is 288 g/mol. The molecule has 1 fully saturated rings. The van der Waals surface area contributed by atoms with Gasteiger partial charge in [0.2, 0.25) is 0 Å². The summed E-state index contributed by atoms with van der Waals surface area (Å²) in [5.74, 6) is 0.621. The minimum atomic E-state index is -0.689. The molecule has 6 nitrogen and oxygen atoms in total. The topological polar surface area (TPSA) is 81.2 Å². The van der Waals surface area contributed by atoms with Crippen LogP contribution in [0.4, 0.5) is 0 Å². The average molecular weight is 288 g/mol. The molecule has 1 saturated heterocycles. The Morgan fingerprint density at radius 1 is 1.43 bits per heavy atom. The molecule has 3 N–H and O–H groups in total. The average Bonchev–Trinajstić information content (AvgIpc) is 2.85. The molecular weight excluding hydrogens is 268 g/mol. The Hall–Kier alpha value is -1.76. The minimum absolute atomic E-state index is 0.120. The molecule has 0 spiro atoms. The molecule has 6 heteroatoms. The van der Waals surface area contributed by atoms with E-state index in [0.717, 1.165) is 13.0 Å². The molecule has 1 unspecified atom stereocenters. The number of aromatic amines is 1. The van der Waals surface area contributed by atoms with Crippen LogP contribution < -0.4 is 10.9 Å². The van der Waals surface area contributed by atoms with Crippen LogP contribution in [0.15, 0.2) is 29.1 Å². The van der Waals surface area contributed by atoms with E-state index in [1.54, 1.807) is 6.07 Å². The largest absolute Gasteiger partial charge is 0.387 e. The summed E-state index contributed by atoms with van der Waals surface area (Å²) in [5, 5.41) is 14.1. The van der Waals surface area contributed by atoms with E-state index in [1.807, 2.05) is 30.1 Å². The summed E-state index contributed by atoms with van der Waals surface area (Å²) in [6.45, 7) is 2.51. The summed E-state index contributed by atoms with van der Waals surface area (Å²) >= 11 is 0. The van der Waals surface area contributed by atoms with Crippen LogP contribution in [0, 0.1) is 0 Å². The van der Waals surface area contributed by atoms with Crippen LogP contribution in [-0.2, 0) is 6.54 Å². The zero-order chi connectivity index (χ0) is 14.9. The van der Waals surface area contributed by atoms with Gasteiger partial charge in [0.05, 0.1) is 23.0 Å². The number of fused-ring (bicyclic) bond motifs is 1. The molecule has 1 atom stereocenters. The molecule has 1 aromatic heterocycles. The van der Waals surface area contributed by atoms with Crippen LogP contribution >= 0.6 is 0 Å². The van der Waals surface area contributed by atoms with E-state index < -0.39 is 5.60 Å². The Bertz CT molecular complexity index is 691. The lowest BCUT2D eigenvalue weighted by molar-refractivity contribution is 0.0258. The van der Waals surface area contributed by atoms with Crippen molar-refractivity contribution in [2.45, 2.75) is 18.6 Å². The zero-order valence-electron chi connectivity index (χ0n) is 12.1. The van der Waals surface area contributed by atoms with Crippen LogP contribution in [0.2, 0.25) is 0 Å². The lowest BCUT2D eigenvalue weighted by Crippen LogP contribution is -2.43. The second-order valence-electron chi connectivity index (χ2n) is 5.85. The van der Waals surface area contributed by atoms with Gasteiger partial charge in [0.15, 0.2) is 0 Å². The third-order valence-electron chi connectivity index (χ3n) is 3.87. The molecule has 1 aliphatic rings. The van der Waals surface area contributed by atoms with E-state index in [1.165, 1.54) is 0 Å². The number of H-pyrrole nitrogens is 1. The first kappa shape index (κ1) is 14.2. The maximum atomic E-state index is 12.0. The molecule has 2 heterocycles. The van der Waals surface area contributed by atoms with Gasteiger partial charge in [-0.25, -0.2) is 4.98 Å². The van der Waals surface area contributed by atoms with Crippen molar-refractivity contribution in [2.24, 2.45) is 0 Å². The normalized spacial score (nSPS) is 22.2. The van der Waals surface area contributed by atoms with Gasteiger partial charge in [-0.15, -0.1) is 0 Å². The van der Waals surface area contributed by atoms with Gasteiger partial charge >= 0.3 is 0 Å². The molecule has 2 aromatic rings. The Labute approximate surface area is 122 Å². The zero-order valence-corrected chi connectivity index (χ0v) is 12.1. The van der Waals surface area contributed by atoms with Crippen LogP contribution in [0.5, 0.6) is 0 Å². The molecule has 0 bridgehead atoms. The third kappa shape index (κ3) is 3.12. The van der Waals surface area contributed by atoms with Crippen molar-refractivity contribution < 1.29 is 5.11 Å². The fourth-order valence-electron chi connectivity index (χ4n) is 2.89. The lowest BCUT2D eigenvalue weighted by atomic mass is 10.0. The summed E-state index contributed by atoms with van der Waals surface area (Å²) in [6.07, 6.45) is 0.749. The second kappa shape index (κ2) is 5.55. The number of β-amino-alcohol motifs (C(OH)–C–C–N with tert-alkyl or cyclic N) is 1. The minimum Gasteiger partial charge on any atom is -0.387 e. The Balaban J connectivity index is 1.77. The molecule has 1 aromatic carbocycles. The number of aromatic nitrogens is 2. The molecule has 0 aliphatic carbocycles. The van der Waals surface area contributed by atoms with Crippen molar-refractivity contribution in [3.63, 3.8) is 0 Å². The van der Waals surface area contributed by atoms with Crippen molar-refractivity contribution in [2.75, 3.05) is 26.7 Å². The molecule has 112 valence electrons. The van der Waals surface area contributed by atoms with Crippen molar-refractivity contribution in [3.05, 3.63) is 40.4 Å². The van der Waals surface area contributed by atoms with Crippen LogP contribution in [-0.4, -0.2) is 52.3 Å². The molecular formula is C15H20N4O2. The number of hydrogen-bond acceptors (Lipinski definition) is 5. The van der Waals surface area contributed by atoms with Gasteiger partial charge in [-0.2, -0.15) is 0 Å². The van der Waals surface area contributed by atoms with E-state index in [0.29, 0.717) is 36.4 Å². The Morgan fingerprint density at radius 3 is 3.00 bits per heavy atom. The van der Waals surface area contributed by atoms with Gasteiger partial charge < -0.3 is 15.4 Å². The fraction of sp³-hybridized carbons (Fsp3) is 0.467. The van der Waals surface area contributed by atoms with E-state index >= 15 is 0 Å². The van der Waals surface area contributed by atoms with Gasteiger partial charge in [-0.05, 0) is 32.1 Å². The summed E-state index contributed by atoms with van der Waals surface area (Å²) in [5.41, 5.74) is -0.109. The van der Waals surface area contributed by atoms with Crippen molar-refractivity contribution in [1.29, 1.82) is 0 Å². The maximum Gasteiger partial charge on any atom is 0.258 e. The van der Waals surface area contributed by atoms with Crippen LogP contribution in [0.3, 0.4) is 0 Å². The van der Waals surface area contributed by atoms with Gasteiger partial charge in [-0.1, -0.05) is 12.1 Å². The number of nitrogens with zero attached hydrogens (tertiary/aromatic N) is 2. The fourth-order valence-corrected chi connectivity index (χ4v) is 2.89. The first-order chi connectivity index (χ1) is 10.1. The summed E-state index contributed by atoms with van der Waals surface area (Å²) in [4.78, 5) is 21.3. The van der Waals surface area contributed by atoms with Gasteiger partial charge in [0, 0.05) is 13.1 Å². The summed E-state index contributed by atoms with van der Waals surface area (Å²) < 4.78 is 0. The van der Waals surface area contributed by atoms with E-state index in [-0.39, 0.29) is 5.56 Å². The molecule has 1 aliphatic heterocycles. The quantitative estimate of drug-likeness (QED) is 0.742. The summed E-state index contributed by atoms with van der Waals surface area (Å²) in [7, 11) is 1.92. The molecule has 0 radical (unpaired) electrons. The Kier molecular flexibility index (Phi) is 3.75. The number of aliphatic hydroxyl groups is 1. The second-order valence-corrected chi connectivity index (χ2v) is 5.85. The maximum absolute atomic E-state index is 12.0. The van der Waals surface area contributed by atoms with E-state index in [9.17, 15) is 9.90 Å². The summed E-state index contributed by atoms with van der Waals surface area (Å²) in [6, 6.07) is 7.30. The highest BCUT2D eigenvalue weighted by Crippen LogP contribution is 2.16. The smallest absolute Gasteiger partial charge is 0.258 e. The molecule has 3 rings (SSSR count). The van der Waals surface area contributed by atoms with Gasteiger partial charge in [0.1, 0.15) is 5.82 Å². The van der Waals surface area contributed by atoms with Gasteiger partial charge in [-0.3, -0.25) is 9.69 Å². The number of nitrogens with one attached hydrogen (secondary N) is 2. The highest BCUT2D eigenvalue weighted by molar-refractivity contribution is 5.77. The molecule has 21 heavy (non-hydrogen) atoms. The van der Waals surface area contributed by atoms with Crippen LogP contribution in [0.1, 0.15) is 12.2 Å². The molecule has 0 saturated carbocycles. The highest BCUT2D eigenvalue weighted by Gasteiger charge is 2.32. The van der Waals surface area contributed by atoms with E-state index in [2.05, 4.69) is 15.3 Å². The Morgan fingerprint density at radius 2 is 2.24 bits per heavy atom. The van der Waals surface area contributed by atoms with Crippen molar-refractivity contribution in [3.8, 4) is 0 Å². The highest BCUT2D eigenvalue weighted by atomic mass is 16.3. The van der Waals surface area contributed by atoms with Crippen molar-refractivity contribution in [1.82, 2.24) is 20.2 Å². The number of rotatable bonds is 4. The molecule has 0 amide bonds. The number of likely N-dealkylation sites (N-methyl/N-ethyl adjacent to an activating group) is 1. The lowest BCUT2D eigenvalue weighted by Gasteiger charge is -2.27. The van der Waals surface area contributed by atoms with E-state index in [4.69, 9.17) is 0 Å².